The maximum absolute atomic E-state index is 12.7. The van der Waals surface area contributed by atoms with Gasteiger partial charge in [0.05, 0.1) is 6.54 Å². The minimum absolute atomic E-state index is 0.0221. The third-order valence-corrected chi connectivity index (χ3v) is 5.14. The second-order valence-corrected chi connectivity index (χ2v) is 7.17. The van der Waals surface area contributed by atoms with Gasteiger partial charge in [0.15, 0.2) is 6.61 Å². The second-order valence-electron chi connectivity index (χ2n) is 7.17. The highest BCUT2D eigenvalue weighted by atomic mass is 16.5. The minimum Gasteiger partial charge on any atom is -0.491 e. The van der Waals surface area contributed by atoms with E-state index in [2.05, 4.69) is 30.9 Å². The molecule has 1 heterocycles. The molecular formula is C23H30N2O3. The van der Waals surface area contributed by atoms with Gasteiger partial charge in [-0.3, -0.25) is 9.69 Å². The van der Waals surface area contributed by atoms with Gasteiger partial charge in [0.25, 0.3) is 5.91 Å². The van der Waals surface area contributed by atoms with E-state index in [1.165, 1.54) is 11.1 Å². The molecule has 2 aromatic carbocycles. The van der Waals surface area contributed by atoms with Crippen LogP contribution in [0.3, 0.4) is 0 Å². The molecule has 0 N–H and O–H groups in total. The summed E-state index contributed by atoms with van der Waals surface area (Å²) in [5.74, 6) is 1.57. The largest absolute Gasteiger partial charge is 0.491 e. The number of carbonyl (C=O) groups is 1. The molecule has 5 nitrogen and oxygen atoms in total. The lowest BCUT2D eigenvalue weighted by Gasteiger charge is -2.21. The molecule has 1 aliphatic heterocycles. The van der Waals surface area contributed by atoms with E-state index in [1.807, 2.05) is 42.2 Å². The topological polar surface area (TPSA) is 42.0 Å². The number of amides is 1. The van der Waals surface area contributed by atoms with Crippen LogP contribution in [0.4, 0.5) is 0 Å². The number of benzene rings is 2. The summed E-state index contributed by atoms with van der Waals surface area (Å²) in [6.07, 6.45) is 0. The molecule has 0 unspecified atom stereocenters. The second kappa shape index (κ2) is 9.60. The Labute approximate surface area is 167 Å². The van der Waals surface area contributed by atoms with E-state index in [1.54, 1.807) is 0 Å². The fourth-order valence-corrected chi connectivity index (χ4v) is 3.34. The maximum atomic E-state index is 12.7. The van der Waals surface area contributed by atoms with Crippen molar-refractivity contribution in [1.29, 1.82) is 0 Å². The Balaban J connectivity index is 1.64. The fourth-order valence-electron chi connectivity index (χ4n) is 3.34. The van der Waals surface area contributed by atoms with Gasteiger partial charge < -0.3 is 14.4 Å². The molecule has 0 radical (unpaired) electrons. The van der Waals surface area contributed by atoms with Gasteiger partial charge in [-0.2, -0.15) is 0 Å². The summed E-state index contributed by atoms with van der Waals surface area (Å²) in [5.41, 5.74) is 3.47. The number of carbonyl (C=O) groups excluding carboxylic acids is 1. The van der Waals surface area contributed by atoms with Crippen LogP contribution >= 0.6 is 0 Å². The third-order valence-electron chi connectivity index (χ3n) is 5.14. The molecule has 2 aromatic rings. The molecule has 0 bridgehead atoms. The molecule has 0 spiro atoms. The summed E-state index contributed by atoms with van der Waals surface area (Å²) >= 11 is 0. The van der Waals surface area contributed by atoms with Crippen LogP contribution in [0.1, 0.15) is 30.5 Å². The summed E-state index contributed by atoms with van der Waals surface area (Å²) in [4.78, 5) is 16.9. The predicted molar refractivity (Wildman–Crippen MR) is 111 cm³/mol. The van der Waals surface area contributed by atoms with Crippen molar-refractivity contribution in [2.45, 2.75) is 33.9 Å². The van der Waals surface area contributed by atoms with Gasteiger partial charge in [-0.15, -0.1) is 0 Å². The Morgan fingerprint density at radius 1 is 1.14 bits per heavy atom. The third kappa shape index (κ3) is 5.26. The minimum atomic E-state index is -0.0221. The van der Waals surface area contributed by atoms with Gasteiger partial charge in [-0.05, 0) is 49.8 Å². The number of rotatable bonds is 7. The Morgan fingerprint density at radius 3 is 2.61 bits per heavy atom. The average molecular weight is 383 g/mol. The summed E-state index contributed by atoms with van der Waals surface area (Å²) in [6, 6.07) is 14.1. The lowest BCUT2D eigenvalue weighted by molar-refractivity contribution is -0.134. The number of fused-ring (bicyclic) bond motifs is 1. The zero-order valence-corrected chi connectivity index (χ0v) is 17.1. The Hall–Kier alpha value is -2.53. The van der Waals surface area contributed by atoms with Crippen LogP contribution in [0, 0.1) is 6.92 Å². The van der Waals surface area contributed by atoms with Crippen LogP contribution < -0.4 is 9.47 Å². The predicted octanol–water partition coefficient (Wildman–Crippen LogP) is 3.64. The van der Waals surface area contributed by atoms with Crippen LogP contribution in [-0.4, -0.2) is 48.6 Å². The molecule has 0 aromatic heterocycles. The van der Waals surface area contributed by atoms with Gasteiger partial charge in [0, 0.05) is 18.7 Å². The van der Waals surface area contributed by atoms with Crippen molar-refractivity contribution in [2.24, 2.45) is 0 Å². The molecule has 5 heteroatoms. The highest BCUT2D eigenvalue weighted by Crippen LogP contribution is 2.25. The van der Waals surface area contributed by atoms with E-state index in [-0.39, 0.29) is 12.5 Å². The quantitative estimate of drug-likeness (QED) is 0.733. The van der Waals surface area contributed by atoms with Crippen molar-refractivity contribution >= 4 is 5.91 Å². The normalized spacial score (nSPS) is 13.6. The smallest absolute Gasteiger partial charge is 0.260 e. The molecule has 0 saturated heterocycles. The molecule has 0 fully saturated rings. The molecule has 28 heavy (non-hydrogen) atoms. The van der Waals surface area contributed by atoms with Crippen LogP contribution in [0.2, 0.25) is 0 Å². The first kappa shape index (κ1) is 20.2. The number of hydrogen-bond acceptors (Lipinski definition) is 4. The van der Waals surface area contributed by atoms with E-state index in [4.69, 9.17) is 9.47 Å². The van der Waals surface area contributed by atoms with Crippen molar-refractivity contribution < 1.29 is 14.3 Å². The van der Waals surface area contributed by atoms with Crippen LogP contribution in [0.5, 0.6) is 11.5 Å². The van der Waals surface area contributed by atoms with Crippen molar-refractivity contribution in [1.82, 2.24) is 9.80 Å². The van der Waals surface area contributed by atoms with Crippen molar-refractivity contribution in [3.8, 4) is 11.5 Å². The first-order valence-corrected chi connectivity index (χ1v) is 10.0. The van der Waals surface area contributed by atoms with Crippen LogP contribution in [-0.2, 0) is 17.9 Å². The van der Waals surface area contributed by atoms with Crippen LogP contribution in [0.25, 0.3) is 0 Å². The van der Waals surface area contributed by atoms with Gasteiger partial charge >= 0.3 is 0 Å². The lowest BCUT2D eigenvalue weighted by atomic mass is 10.1. The standard InChI is InChI=1S/C23H30N2O3/c1-4-24(5-2)15-19-8-11-22-20(14-19)16-25(12-13-27-22)23(26)17-28-21-9-6-18(3)7-10-21/h6-11,14H,4-5,12-13,15-17H2,1-3H3. The summed E-state index contributed by atoms with van der Waals surface area (Å²) < 4.78 is 11.5. The van der Waals surface area contributed by atoms with E-state index >= 15 is 0 Å². The van der Waals surface area contributed by atoms with E-state index in [0.717, 1.165) is 30.9 Å². The SMILES string of the molecule is CCN(CC)Cc1ccc2c(c1)CN(C(=O)COc1ccc(C)cc1)CCO2. The summed E-state index contributed by atoms with van der Waals surface area (Å²) in [5, 5.41) is 0. The van der Waals surface area contributed by atoms with Gasteiger partial charge in [-0.1, -0.05) is 37.6 Å². The highest BCUT2D eigenvalue weighted by Gasteiger charge is 2.21. The fraction of sp³-hybridized carbons (Fsp3) is 0.435. The van der Waals surface area contributed by atoms with E-state index < -0.39 is 0 Å². The molecule has 0 aliphatic carbocycles. The molecule has 150 valence electrons. The molecule has 0 saturated carbocycles. The first-order chi connectivity index (χ1) is 13.6. The van der Waals surface area contributed by atoms with E-state index in [9.17, 15) is 4.79 Å². The number of ether oxygens (including phenoxy) is 2. The van der Waals surface area contributed by atoms with Crippen LogP contribution in [0.15, 0.2) is 42.5 Å². The summed E-state index contributed by atoms with van der Waals surface area (Å²) in [7, 11) is 0. The zero-order chi connectivity index (χ0) is 19.9. The average Bonchev–Trinajstić information content (AvgIpc) is 2.93. The first-order valence-electron chi connectivity index (χ1n) is 10.0. The van der Waals surface area contributed by atoms with Gasteiger partial charge in [0.1, 0.15) is 18.1 Å². The maximum Gasteiger partial charge on any atom is 0.260 e. The van der Waals surface area contributed by atoms with Crippen molar-refractivity contribution in [2.75, 3.05) is 32.8 Å². The Morgan fingerprint density at radius 2 is 1.89 bits per heavy atom. The lowest BCUT2D eigenvalue weighted by Crippen LogP contribution is -2.36. The highest BCUT2D eigenvalue weighted by molar-refractivity contribution is 5.78. The molecular weight excluding hydrogens is 352 g/mol. The molecule has 0 atom stereocenters. The van der Waals surface area contributed by atoms with Crippen molar-refractivity contribution in [3.05, 3.63) is 59.2 Å². The molecule has 3 rings (SSSR count). The number of nitrogens with zero attached hydrogens (tertiary/aromatic N) is 2. The Bertz CT molecular complexity index is 785. The molecule has 1 amide bonds. The number of hydrogen-bond donors (Lipinski definition) is 0. The monoisotopic (exact) mass is 382 g/mol. The van der Waals surface area contributed by atoms with Crippen molar-refractivity contribution in [3.63, 3.8) is 0 Å². The molecule has 1 aliphatic rings. The van der Waals surface area contributed by atoms with E-state index in [0.29, 0.717) is 25.4 Å². The zero-order valence-electron chi connectivity index (χ0n) is 17.1. The van der Waals surface area contributed by atoms with Gasteiger partial charge in [0.2, 0.25) is 0 Å². The summed E-state index contributed by atoms with van der Waals surface area (Å²) in [6.45, 7) is 11.0. The Kier molecular flexibility index (Phi) is 6.93. The number of aryl methyl sites for hydroxylation is 1. The van der Waals surface area contributed by atoms with Gasteiger partial charge in [-0.25, -0.2) is 0 Å².